The molecule has 1 aromatic rings. The molecule has 0 aliphatic rings. The average molecular weight is 201 g/mol. The van der Waals surface area contributed by atoms with E-state index < -0.39 is 4.92 Å². The quantitative estimate of drug-likeness (QED) is 0.343. The molecule has 0 aromatic heterocycles. The lowest BCUT2D eigenvalue weighted by molar-refractivity contribution is -0.384. The van der Waals surface area contributed by atoms with E-state index in [4.69, 9.17) is 16.8 Å². The number of rotatable bonds is 2. The van der Waals surface area contributed by atoms with Gasteiger partial charge in [-0.2, -0.15) is 0 Å². The molecule has 1 rings (SSSR count). The zero-order valence-corrected chi connectivity index (χ0v) is 7.10. The zero-order chi connectivity index (χ0) is 9.84. The van der Waals surface area contributed by atoms with Crippen molar-refractivity contribution >= 4 is 22.5 Å². The summed E-state index contributed by atoms with van der Waals surface area (Å²) in [6.45, 7) is 0. The molecule has 13 heavy (non-hydrogen) atoms. The van der Waals surface area contributed by atoms with Crippen LogP contribution in [0.15, 0.2) is 29.4 Å². The molecule has 0 saturated heterocycles. The minimum Gasteiger partial charge on any atom is -0.410 e. The first kappa shape index (κ1) is 9.47. The van der Waals surface area contributed by atoms with Crippen LogP contribution >= 0.6 is 11.6 Å². The summed E-state index contributed by atoms with van der Waals surface area (Å²) in [5.74, 6) is 0. The van der Waals surface area contributed by atoms with Gasteiger partial charge in [0.1, 0.15) is 0 Å². The fraction of sp³-hybridized carbons (Fsp3) is 0. The van der Waals surface area contributed by atoms with Crippen molar-refractivity contribution in [2.24, 2.45) is 5.16 Å². The van der Waals surface area contributed by atoms with E-state index in [1.807, 2.05) is 0 Å². The van der Waals surface area contributed by atoms with Gasteiger partial charge < -0.3 is 5.21 Å². The van der Waals surface area contributed by atoms with E-state index >= 15 is 0 Å². The predicted octanol–water partition coefficient (Wildman–Crippen LogP) is 1.97. The van der Waals surface area contributed by atoms with Crippen LogP contribution in [-0.4, -0.2) is 15.3 Å². The van der Waals surface area contributed by atoms with Gasteiger partial charge in [-0.15, -0.1) is 0 Å². The molecule has 0 heterocycles. The van der Waals surface area contributed by atoms with Crippen molar-refractivity contribution in [1.82, 2.24) is 0 Å². The highest BCUT2D eigenvalue weighted by Crippen LogP contribution is 2.14. The van der Waals surface area contributed by atoms with Crippen LogP contribution in [0.2, 0.25) is 0 Å². The lowest BCUT2D eigenvalue weighted by Crippen LogP contribution is -1.93. The number of halogens is 1. The molecule has 0 saturated carbocycles. The van der Waals surface area contributed by atoms with Gasteiger partial charge in [-0.25, -0.2) is 0 Å². The van der Waals surface area contributed by atoms with E-state index in [0.29, 0.717) is 5.56 Å². The van der Waals surface area contributed by atoms with Crippen LogP contribution in [0.25, 0.3) is 0 Å². The van der Waals surface area contributed by atoms with Gasteiger partial charge in [-0.1, -0.05) is 28.9 Å². The lowest BCUT2D eigenvalue weighted by atomic mass is 10.2. The Morgan fingerprint density at radius 1 is 1.62 bits per heavy atom. The largest absolute Gasteiger partial charge is 0.410 e. The number of oxime groups is 1. The Hall–Kier alpha value is -1.62. The second-order valence-electron chi connectivity index (χ2n) is 2.20. The third-order valence-electron chi connectivity index (χ3n) is 1.38. The van der Waals surface area contributed by atoms with Crippen LogP contribution in [0, 0.1) is 10.1 Å². The fourth-order valence-electron chi connectivity index (χ4n) is 0.806. The summed E-state index contributed by atoms with van der Waals surface area (Å²) in [6, 6.07) is 5.52. The van der Waals surface area contributed by atoms with Crippen LogP contribution < -0.4 is 0 Å². The molecule has 0 spiro atoms. The van der Waals surface area contributed by atoms with E-state index in [-0.39, 0.29) is 10.9 Å². The van der Waals surface area contributed by atoms with E-state index in [2.05, 4.69) is 5.16 Å². The molecular weight excluding hydrogens is 196 g/mol. The molecule has 0 aliphatic carbocycles. The Balaban J connectivity index is 3.13. The molecule has 5 nitrogen and oxygen atoms in total. The van der Waals surface area contributed by atoms with E-state index in [9.17, 15) is 10.1 Å². The van der Waals surface area contributed by atoms with Gasteiger partial charge in [0, 0.05) is 17.7 Å². The highest BCUT2D eigenvalue weighted by Gasteiger charge is 2.08. The van der Waals surface area contributed by atoms with E-state index in [1.54, 1.807) is 0 Å². The molecule has 0 amide bonds. The summed E-state index contributed by atoms with van der Waals surface area (Å²) in [5, 5.41) is 21.2. The molecule has 0 bridgehead atoms. The van der Waals surface area contributed by atoms with Crippen molar-refractivity contribution in [3.05, 3.63) is 39.9 Å². The second kappa shape index (κ2) is 3.86. The van der Waals surface area contributed by atoms with Crippen LogP contribution in [0.3, 0.4) is 0 Å². The van der Waals surface area contributed by atoms with Crippen molar-refractivity contribution < 1.29 is 10.1 Å². The number of nitrogens with zero attached hydrogens (tertiary/aromatic N) is 2. The molecular formula is C7H5ClN2O3. The molecule has 0 unspecified atom stereocenters. The van der Waals surface area contributed by atoms with Crippen molar-refractivity contribution in [3.8, 4) is 0 Å². The summed E-state index contributed by atoms with van der Waals surface area (Å²) < 4.78 is 0. The second-order valence-corrected chi connectivity index (χ2v) is 2.56. The Morgan fingerprint density at radius 2 is 2.31 bits per heavy atom. The van der Waals surface area contributed by atoms with Crippen molar-refractivity contribution in [2.75, 3.05) is 0 Å². The fourth-order valence-corrected chi connectivity index (χ4v) is 0.923. The van der Waals surface area contributed by atoms with Gasteiger partial charge in [-0.3, -0.25) is 10.1 Å². The van der Waals surface area contributed by atoms with Crippen molar-refractivity contribution in [1.29, 1.82) is 0 Å². The standard InChI is InChI=1S/C7H5ClN2O3/c8-7(9-11)5-2-1-3-6(4-5)10(12)13/h1-4,11H/b9-7+. The number of benzene rings is 1. The monoisotopic (exact) mass is 200 g/mol. The van der Waals surface area contributed by atoms with Crippen LogP contribution in [0.1, 0.15) is 5.56 Å². The normalized spacial score (nSPS) is 11.3. The van der Waals surface area contributed by atoms with Gasteiger partial charge in [0.15, 0.2) is 5.17 Å². The maximum atomic E-state index is 10.3. The number of nitro benzene ring substituents is 1. The minimum absolute atomic E-state index is 0.0979. The zero-order valence-electron chi connectivity index (χ0n) is 6.35. The molecule has 0 atom stereocenters. The third kappa shape index (κ3) is 2.16. The molecule has 6 heteroatoms. The highest BCUT2D eigenvalue weighted by molar-refractivity contribution is 6.69. The maximum Gasteiger partial charge on any atom is 0.270 e. The van der Waals surface area contributed by atoms with Crippen LogP contribution in [-0.2, 0) is 0 Å². The Labute approximate surface area is 78.4 Å². The first-order valence-electron chi connectivity index (χ1n) is 3.27. The first-order chi connectivity index (χ1) is 6.15. The Morgan fingerprint density at radius 3 is 2.85 bits per heavy atom. The number of hydrogen-bond donors (Lipinski definition) is 1. The first-order valence-corrected chi connectivity index (χ1v) is 3.65. The van der Waals surface area contributed by atoms with Gasteiger partial charge >= 0.3 is 0 Å². The number of nitro groups is 1. The molecule has 1 aromatic carbocycles. The Kier molecular flexibility index (Phi) is 2.81. The highest BCUT2D eigenvalue weighted by atomic mass is 35.5. The number of non-ortho nitro benzene ring substituents is 1. The summed E-state index contributed by atoms with van der Waals surface area (Å²) in [6.07, 6.45) is 0. The summed E-state index contributed by atoms with van der Waals surface area (Å²) in [4.78, 5) is 9.77. The molecule has 0 aliphatic heterocycles. The van der Waals surface area contributed by atoms with Crippen molar-refractivity contribution in [3.63, 3.8) is 0 Å². The van der Waals surface area contributed by atoms with Gasteiger partial charge in [0.25, 0.3) is 5.69 Å². The minimum atomic E-state index is -0.551. The summed E-state index contributed by atoms with van der Waals surface area (Å²) >= 11 is 5.44. The SMILES string of the molecule is O=[N+]([O-])c1cccc(/C(Cl)=N\O)c1. The summed E-state index contributed by atoms with van der Waals surface area (Å²) in [5.41, 5.74) is 0.206. The topological polar surface area (TPSA) is 75.7 Å². The van der Waals surface area contributed by atoms with Gasteiger partial charge in [-0.05, 0) is 0 Å². The average Bonchev–Trinajstić information content (AvgIpc) is 2.17. The molecule has 68 valence electrons. The smallest absolute Gasteiger partial charge is 0.270 e. The van der Waals surface area contributed by atoms with Crippen LogP contribution in [0.4, 0.5) is 5.69 Å². The molecule has 0 radical (unpaired) electrons. The van der Waals surface area contributed by atoms with Gasteiger partial charge in [0.05, 0.1) is 4.92 Å². The molecule has 1 N–H and O–H groups in total. The lowest BCUT2D eigenvalue weighted by Gasteiger charge is -1.95. The van der Waals surface area contributed by atoms with Crippen LogP contribution in [0.5, 0.6) is 0 Å². The number of hydrogen-bond acceptors (Lipinski definition) is 4. The predicted molar refractivity (Wildman–Crippen MR) is 47.3 cm³/mol. The molecule has 0 fully saturated rings. The van der Waals surface area contributed by atoms with E-state index in [1.165, 1.54) is 24.3 Å². The van der Waals surface area contributed by atoms with E-state index in [0.717, 1.165) is 0 Å². The summed E-state index contributed by atoms with van der Waals surface area (Å²) in [7, 11) is 0. The maximum absolute atomic E-state index is 10.3. The Bertz CT molecular complexity index is 365. The third-order valence-corrected chi connectivity index (χ3v) is 1.68. The van der Waals surface area contributed by atoms with Crippen molar-refractivity contribution in [2.45, 2.75) is 0 Å². The van der Waals surface area contributed by atoms with Gasteiger partial charge in [0.2, 0.25) is 0 Å².